The highest BCUT2D eigenvalue weighted by Gasteiger charge is 2.29. The Labute approximate surface area is 115 Å². The number of halogens is 4. The van der Waals surface area contributed by atoms with Gasteiger partial charge in [-0.25, -0.2) is 30.7 Å². The van der Waals surface area contributed by atoms with Crippen molar-refractivity contribution in [1.82, 2.24) is 24.9 Å². The number of aromatic nitrogens is 4. The molecule has 1 aromatic carbocycles. The van der Waals surface area contributed by atoms with Gasteiger partial charge < -0.3 is 0 Å². The van der Waals surface area contributed by atoms with Crippen LogP contribution < -0.4 is 4.72 Å². The van der Waals surface area contributed by atoms with Crippen LogP contribution in [0.4, 0.5) is 17.6 Å². The molecule has 0 saturated carbocycles. The molecular weight excluding hydrogens is 318 g/mol. The summed E-state index contributed by atoms with van der Waals surface area (Å²) in [4.78, 5) is -0.726. The molecule has 1 heterocycles. The van der Waals surface area contributed by atoms with E-state index in [0.29, 0.717) is 0 Å². The second-order valence-electron chi connectivity index (χ2n) is 3.82. The number of sulfonamides is 1. The summed E-state index contributed by atoms with van der Waals surface area (Å²) in [5, 5.41) is 10.5. The molecule has 0 fully saturated rings. The third-order valence-electron chi connectivity index (χ3n) is 2.31. The molecule has 0 radical (unpaired) electrons. The Balaban J connectivity index is 2.36. The van der Waals surface area contributed by atoms with Crippen molar-refractivity contribution >= 4 is 10.0 Å². The van der Waals surface area contributed by atoms with Gasteiger partial charge in [-0.1, -0.05) is 0 Å². The topological polar surface area (TPSA) is 89.8 Å². The molecule has 2 aromatic rings. The Kier molecular flexibility index (Phi) is 3.91. The van der Waals surface area contributed by atoms with Crippen LogP contribution in [0.2, 0.25) is 0 Å². The molecule has 21 heavy (non-hydrogen) atoms. The van der Waals surface area contributed by atoms with E-state index in [1.165, 1.54) is 7.05 Å². The molecule has 0 unspecified atom stereocenters. The number of nitrogens with zero attached hydrogens (tertiary/aromatic N) is 4. The van der Waals surface area contributed by atoms with Crippen LogP contribution in [0.1, 0.15) is 5.82 Å². The maximum atomic E-state index is 13.4. The van der Waals surface area contributed by atoms with Crippen LogP contribution in [0.3, 0.4) is 0 Å². The molecule has 1 N–H and O–H groups in total. The first-order valence-electron chi connectivity index (χ1n) is 5.28. The lowest BCUT2D eigenvalue weighted by atomic mass is 10.3. The summed E-state index contributed by atoms with van der Waals surface area (Å²) in [6.07, 6.45) is 0. The third kappa shape index (κ3) is 3.00. The van der Waals surface area contributed by atoms with Gasteiger partial charge in [0, 0.05) is 6.07 Å². The summed E-state index contributed by atoms with van der Waals surface area (Å²) >= 11 is 0. The zero-order valence-electron chi connectivity index (χ0n) is 10.3. The van der Waals surface area contributed by atoms with Gasteiger partial charge in [0.2, 0.25) is 10.0 Å². The molecule has 12 heteroatoms. The van der Waals surface area contributed by atoms with E-state index >= 15 is 0 Å². The van der Waals surface area contributed by atoms with Crippen LogP contribution in [-0.4, -0.2) is 28.6 Å². The minimum Gasteiger partial charge on any atom is -0.207 e. The van der Waals surface area contributed by atoms with Gasteiger partial charge in [0.25, 0.3) is 0 Å². The molecule has 0 saturated heterocycles. The van der Waals surface area contributed by atoms with E-state index in [1.54, 1.807) is 4.72 Å². The van der Waals surface area contributed by atoms with Crippen LogP contribution in [-0.2, 0) is 23.6 Å². The van der Waals surface area contributed by atoms with E-state index in [1.807, 2.05) is 0 Å². The Morgan fingerprint density at radius 1 is 1.19 bits per heavy atom. The van der Waals surface area contributed by atoms with Gasteiger partial charge in [-0.05, 0) is 5.21 Å². The molecule has 0 spiro atoms. The Bertz CT molecular complexity index is 765. The SMILES string of the molecule is Cn1nnc(CNS(=O)(=O)c2c(F)c(F)cc(F)c2F)n1. The predicted octanol–water partition coefficient (Wildman–Crippen LogP) is 0.245. The van der Waals surface area contributed by atoms with Crippen molar-refractivity contribution < 1.29 is 26.0 Å². The molecule has 0 aliphatic rings. The van der Waals surface area contributed by atoms with Gasteiger partial charge in [0.1, 0.15) is 0 Å². The van der Waals surface area contributed by atoms with Crippen LogP contribution in [0.5, 0.6) is 0 Å². The zero-order chi connectivity index (χ0) is 15.8. The average Bonchev–Trinajstić information content (AvgIpc) is 2.80. The maximum Gasteiger partial charge on any atom is 0.247 e. The molecule has 0 atom stereocenters. The lowest BCUT2D eigenvalue weighted by Crippen LogP contribution is -2.26. The van der Waals surface area contributed by atoms with E-state index in [9.17, 15) is 26.0 Å². The number of benzene rings is 1. The minimum atomic E-state index is -4.85. The van der Waals surface area contributed by atoms with Crippen molar-refractivity contribution in [2.45, 2.75) is 11.4 Å². The maximum absolute atomic E-state index is 13.4. The number of hydrogen-bond donors (Lipinski definition) is 1. The first kappa shape index (κ1) is 15.3. The summed E-state index contributed by atoms with van der Waals surface area (Å²) in [6, 6.07) is -0.0894. The fourth-order valence-electron chi connectivity index (χ4n) is 1.41. The van der Waals surface area contributed by atoms with Crippen LogP contribution in [0.15, 0.2) is 11.0 Å². The van der Waals surface area contributed by atoms with Gasteiger partial charge in [-0.3, -0.25) is 0 Å². The quantitative estimate of drug-likeness (QED) is 0.643. The van der Waals surface area contributed by atoms with Crippen molar-refractivity contribution in [3.05, 3.63) is 35.2 Å². The van der Waals surface area contributed by atoms with E-state index < -0.39 is 44.7 Å². The number of nitrogens with one attached hydrogen (secondary N) is 1. The second-order valence-corrected chi connectivity index (χ2v) is 5.52. The summed E-state index contributed by atoms with van der Waals surface area (Å²) in [5.41, 5.74) is 0. The third-order valence-corrected chi connectivity index (χ3v) is 3.73. The number of aryl methyl sites for hydroxylation is 1. The Morgan fingerprint density at radius 3 is 2.24 bits per heavy atom. The Hall–Kier alpha value is -2.08. The zero-order valence-corrected chi connectivity index (χ0v) is 11.1. The van der Waals surface area contributed by atoms with Crippen LogP contribution >= 0.6 is 0 Å². The van der Waals surface area contributed by atoms with E-state index in [4.69, 9.17) is 0 Å². The second kappa shape index (κ2) is 5.37. The normalized spacial score (nSPS) is 11.9. The summed E-state index contributed by atoms with van der Waals surface area (Å²) < 4.78 is 78.1. The van der Waals surface area contributed by atoms with Gasteiger partial charge in [0.05, 0.1) is 13.6 Å². The molecule has 1 aromatic heterocycles. The van der Waals surface area contributed by atoms with E-state index in [2.05, 4.69) is 15.4 Å². The largest absolute Gasteiger partial charge is 0.247 e. The summed E-state index contributed by atoms with van der Waals surface area (Å²) in [6.45, 7) is -0.562. The van der Waals surface area contributed by atoms with E-state index in [-0.39, 0.29) is 11.9 Å². The first-order valence-corrected chi connectivity index (χ1v) is 6.76. The fourth-order valence-corrected chi connectivity index (χ4v) is 2.54. The minimum absolute atomic E-state index is 0.0894. The van der Waals surface area contributed by atoms with Gasteiger partial charge in [0.15, 0.2) is 34.0 Å². The predicted molar refractivity (Wildman–Crippen MR) is 59.1 cm³/mol. The summed E-state index contributed by atoms with van der Waals surface area (Å²) in [7, 11) is -3.44. The molecular formula is C9H7F4N5O2S. The highest BCUT2D eigenvalue weighted by Crippen LogP contribution is 2.23. The molecule has 0 aliphatic heterocycles. The number of rotatable bonds is 4. The lowest BCUT2D eigenvalue weighted by molar-refractivity contribution is 0.418. The Morgan fingerprint density at radius 2 is 1.76 bits per heavy atom. The van der Waals surface area contributed by atoms with Gasteiger partial charge in [-0.2, -0.15) is 4.80 Å². The van der Waals surface area contributed by atoms with Crippen LogP contribution in [0, 0.1) is 23.3 Å². The molecule has 7 nitrogen and oxygen atoms in total. The fraction of sp³-hybridized carbons (Fsp3) is 0.222. The molecule has 0 amide bonds. The molecule has 114 valence electrons. The van der Waals surface area contributed by atoms with Gasteiger partial charge >= 0.3 is 0 Å². The summed E-state index contributed by atoms with van der Waals surface area (Å²) in [5.74, 6) is -7.79. The van der Waals surface area contributed by atoms with Crippen LogP contribution in [0.25, 0.3) is 0 Å². The van der Waals surface area contributed by atoms with Crippen molar-refractivity contribution in [1.29, 1.82) is 0 Å². The molecule has 2 rings (SSSR count). The molecule has 0 aliphatic carbocycles. The lowest BCUT2D eigenvalue weighted by Gasteiger charge is -2.08. The first-order chi connectivity index (χ1) is 9.72. The van der Waals surface area contributed by atoms with Crippen molar-refractivity contribution in [3.63, 3.8) is 0 Å². The highest BCUT2D eigenvalue weighted by atomic mass is 32.2. The number of hydrogen-bond acceptors (Lipinski definition) is 5. The van der Waals surface area contributed by atoms with E-state index in [0.717, 1.165) is 4.80 Å². The number of tetrazole rings is 1. The standard InChI is InChI=1S/C9H7F4N5O2S/c1-18-16-6(15-17-18)3-14-21(19,20)9-7(12)4(10)2-5(11)8(9)13/h2,14H,3H2,1H3. The van der Waals surface area contributed by atoms with Crippen molar-refractivity contribution in [3.8, 4) is 0 Å². The van der Waals surface area contributed by atoms with Crippen molar-refractivity contribution in [2.75, 3.05) is 0 Å². The van der Waals surface area contributed by atoms with Crippen molar-refractivity contribution in [2.24, 2.45) is 7.05 Å². The molecule has 0 bridgehead atoms. The highest BCUT2D eigenvalue weighted by molar-refractivity contribution is 7.89. The van der Waals surface area contributed by atoms with Gasteiger partial charge in [-0.15, -0.1) is 10.2 Å². The average molecular weight is 325 g/mol. The smallest absolute Gasteiger partial charge is 0.207 e. The monoisotopic (exact) mass is 325 g/mol.